The quantitative estimate of drug-likeness (QED) is 0.643. The van der Waals surface area contributed by atoms with Gasteiger partial charge >= 0.3 is 5.97 Å². The van der Waals surface area contributed by atoms with Crippen LogP contribution in [-0.2, 0) is 9.53 Å². The number of hydrogen-bond acceptors (Lipinski definition) is 2. The number of allylic oxidation sites excluding steroid dienone is 1. The molecule has 0 atom stereocenters. The van der Waals surface area contributed by atoms with Crippen molar-refractivity contribution in [1.29, 1.82) is 0 Å². The molecule has 0 spiro atoms. The molecular formula is C21H24O2. The van der Waals surface area contributed by atoms with Crippen LogP contribution in [0.5, 0.6) is 0 Å². The second kappa shape index (κ2) is 7.45. The van der Waals surface area contributed by atoms with E-state index in [1.54, 1.807) is 0 Å². The SMILES string of the molecule is CC/C(=C\COC(=O)CCC1CC1)c1cccc2ccccc12. The fraction of sp³-hybridized carbons (Fsp3) is 0.381. The van der Waals surface area contributed by atoms with Crippen molar-refractivity contribution in [3.05, 3.63) is 54.1 Å². The highest BCUT2D eigenvalue weighted by molar-refractivity contribution is 5.93. The normalized spacial score (nSPS) is 14.9. The third-order valence-electron chi connectivity index (χ3n) is 4.54. The zero-order valence-corrected chi connectivity index (χ0v) is 13.8. The smallest absolute Gasteiger partial charge is 0.306 e. The van der Waals surface area contributed by atoms with Gasteiger partial charge in [0.05, 0.1) is 0 Å². The molecule has 23 heavy (non-hydrogen) atoms. The molecule has 1 saturated carbocycles. The van der Waals surface area contributed by atoms with Gasteiger partial charge in [-0.1, -0.05) is 62.2 Å². The second-order valence-electron chi connectivity index (χ2n) is 6.27. The molecule has 0 saturated heterocycles. The molecule has 2 aromatic carbocycles. The van der Waals surface area contributed by atoms with Crippen LogP contribution in [0.2, 0.25) is 0 Å². The Morgan fingerprint density at radius 1 is 1.17 bits per heavy atom. The first-order valence-corrected chi connectivity index (χ1v) is 8.60. The maximum absolute atomic E-state index is 11.7. The maximum Gasteiger partial charge on any atom is 0.306 e. The number of ether oxygens (including phenoxy) is 1. The van der Waals surface area contributed by atoms with Gasteiger partial charge in [0.1, 0.15) is 6.61 Å². The lowest BCUT2D eigenvalue weighted by Crippen LogP contribution is -2.05. The Balaban J connectivity index is 1.66. The zero-order valence-electron chi connectivity index (χ0n) is 13.8. The lowest BCUT2D eigenvalue weighted by Gasteiger charge is -2.10. The van der Waals surface area contributed by atoms with E-state index in [-0.39, 0.29) is 5.97 Å². The van der Waals surface area contributed by atoms with Crippen LogP contribution in [0.1, 0.15) is 44.6 Å². The van der Waals surface area contributed by atoms with Crippen molar-refractivity contribution in [2.45, 2.75) is 39.0 Å². The van der Waals surface area contributed by atoms with Gasteiger partial charge in [-0.05, 0) is 46.7 Å². The summed E-state index contributed by atoms with van der Waals surface area (Å²) in [4.78, 5) is 11.7. The fourth-order valence-electron chi connectivity index (χ4n) is 2.99. The molecule has 1 aliphatic carbocycles. The van der Waals surface area contributed by atoms with E-state index >= 15 is 0 Å². The van der Waals surface area contributed by atoms with Gasteiger partial charge in [0.15, 0.2) is 0 Å². The van der Waals surface area contributed by atoms with Crippen LogP contribution in [-0.4, -0.2) is 12.6 Å². The van der Waals surface area contributed by atoms with Crippen LogP contribution in [0, 0.1) is 5.92 Å². The van der Waals surface area contributed by atoms with E-state index in [9.17, 15) is 4.79 Å². The Kier molecular flexibility index (Phi) is 5.12. The molecule has 0 aliphatic heterocycles. The maximum atomic E-state index is 11.7. The van der Waals surface area contributed by atoms with Crippen LogP contribution < -0.4 is 0 Å². The van der Waals surface area contributed by atoms with Gasteiger partial charge in [-0.25, -0.2) is 0 Å². The van der Waals surface area contributed by atoms with Crippen molar-refractivity contribution in [1.82, 2.24) is 0 Å². The topological polar surface area (TPSA) is 26.3 Å². The Morgan fingerprint density at radius 2 is 1.96 bits per heavy atom. The second-order valence-corrected chi connectivity index (χ2v) is 6.27. The molecule has 0 amide bonds. The number of esters is 1. The molecule has 2 heteroatoms. The largest absolute Gasteiger partial charge is 0.461 e. The molecule has 0 unspecified atom stereocenters. The van der Waals surface area contributed by atoms with Crippen molar-refractivity contribution in [3.63, 3.8) is 0 Å². The first kappa shape index (κ1) is 15.8. The predicted molar refractivity (Wildman–Crippen MR) is 95.1 cm³/mol. The Labute approximate surface area is 138 Å². The van der Waals surface area contributed by atoms with Crippen molar-refractivity contribution >= 4 is 22.3 Å². The highest BCUT2D eigenvalue weighted by atomic mass is 16.5. The lowest BCUT2D eigenvalue weighted by atomic mass is 9.96. The predicted octanol–water partition coefficient (Wildman–Crippen LogP) is 5.37. The van der Waals surface area contributed by atoms with E-state index in [4.69, 9.17) is 4.74 Å². The molecule has 2 aromatic rings. The van der Waals surface area contributed by atoms with E-state index in [1.165, 1.54) is 34.8 Å². The van der Waals surface area contributed by atoms with Crippen molar-refractivity contribution in [2.24, 2.45) is 5.92 Å². The third kappa shape index (κ3) is 4.22. The van der Waals surface area contributed by atoms with Gasteiger partial charge in [-0.2, -0.15) is 0 Å². The van der Waals surface area contributed by atoms with Crippen LogP contribution in [0.15, 0.2) is 48.5 Å². The van der Waals surface area contributed by atoms with E-state index < -0.39 is 0 Å². The molecule has 0 heterocycles. The van der Waals surface area contributed by atoms with E-state index in [0.717, 1.165) is 18.8 Å². The van der Waals surface area contributed by atoms with Gasteiger partial charge in [0.25, 0.3) is 0 Å². The highest BCUT2D eigenvalue weighted by Crippen LogP contribution is 2.33. The highest BCUT2D eigenvalue weighted by Gasteiger charge is 2.22. The minimum Gasteiger partial charge on any atom is -0.461 e. The molecule has 0 aromatic heterocycles. The summed E-state index contributed by atoms with van der Waals surface area (Å²) < 4.78 is 5.37. The molecule has 1 fully saturated rings. The van der Waals surface area contributed by atoms with Crippen molar-refractivity contribution in [3.8, 4) is 0 Å². The summed E-state index contributed by atoms with van der Waals surface area (Å²) in [5.41, 5.74) is 2.47. The monoisotopic (exact) mass is 308 g/mol. The molecule has 1 aliphatic rings. The van der Waals surface area contributed by atoms with Crippen LogP contribution in [0.3, 0.4) is 0 Å². The molecule has 0 N–H and O–H groups in total. The third-order valence-corrected chi connectivity index (χ3v) is 4.54. The standard InChI is InChI=1S/C21H24O2/c1-2-17(14-15-23-21(22)13-12-16-10-11-16)19-9-5-7-18-6-3-4-8-20(18)19/h3-9,14,16H,2,10-13,15H2,1H3/b17-14+. The molecular weight excluding hydrogens is 284 g/mol. The van der Waals surface area contributed by atoms with Gasteiger partial charge in [0.2, 0.25) is 0 Å². The summed E-state index contributed by atoms with van der Waals surface area (Å²) in [6, 6.07) is 14.8. The lowest BCUT2D eigenvalue weighted by molar-refractivity contribution is -0.142. The number of benzene rings is 2. The van der Waals surface area contributed by atoms with Gasteiger partial charge in [0, 0.05) is 6.42 Å². The summed E-state index contributed by atoms with van der Waals surface area (Å²) >= 11 is 0. The van der Waals surface area contributed by atoms with E-state index in [1.807, 2.05) is 0 Å². The molecule has 3 rings (SSSR count). The van der Waals surface area contributed by atoms with Crippen molar-refractivity contribution in [2.75, 3.05) is 6.61 Å². The van der Waals surface area contributed by atoms with Crippen LogP contribution in [0.25, 0.3) is 16.3 Å². The first-order chi connectivity index (χ1) is 11.3. The zero-order chi connectivity index (χ0) is 16.1. The van der Waals surface area contributed by atoms with Gasteiger partial charge in [-0.3, -0.25) is 4.79 Å². The summed E-state index contributed by atoms with van der Waals surface area (Å²) in [5, 5.41) is 2.49. The summed E-state index contributed by atoms with van der Waals surface area (Å²) in [7, 11) is 0. The molecule has 120 valence electrons. The van der Waals surface area contributed by atoms with Crippen LogP contribution in [0.4, 0.5) is 0 Å². The summed E-state index contributed by atoms with van der Waals surface area (Å²) in [6.45, 7) is 2.51. The molecule has 0 radical (unpaired) electrons. The Morgan fingerprint density at radius 3 is 2.74 bits per heavy atom. The number of carbonyl (C=O) groups is 1. The van der Waals surface area contributed by atoms with Gasteiger partial charge < -0.3 is 4.74 Å². The number of fused-ring (bicyclic) bond motifs is 1. The number of carbonyl (C=O) groups excluding carboxylic acids is 1. The summed E-state index contributed by atoms with van der Waals surface area (Å²) in [6.07, 6.45) is 7.10. The van der Waals surface area contributed by atoms with Gasteiger partial charge in [-0.15, -0.1) is 0 Å². The number of hydrogen-bond donors (Lipinski definition) is 0. The average Bonchev–Trinajstić information content (AvgIpc) is 3.41. The minimum absolute atomic E-state index is 0.0680. The first-order valence-electron chi connectivity index (χ1n) is 8.60. The summed E-state index contributed by atoms with van der Waals surface area (Å²) in [5.74, 6) is 0.710. The Bertz CT molecular complexity index is 705. The van der Waals surface area contributed by atoms with Crippen LogP contribution >= 0.6 is 0 Å². The minimum atomic E-state index is -0.0680. The van der Waals surface area contributed by atoms with E-state index in [2.05, 4.69) is 55.5 Å². The fourth-order valence-corrected chi connectivity index (χ4v) is 2.99. The number of rotatable bonds is 7. The Hall–Kier alpha value is -2.09. The average molecular weight is 308 g/mol. The molecule has 0 bridgehead atoms. The molecule has 2 nitrogen and oxygen atoms in total. The van der Waals surface area contributed by atoms with E-state index in [0.29, 0.717) is 13.0 Å². The van der Waals surface area contributed by atoms with Crippen molar-refractivity contribution < 1.29 is 9.53 Å².